The Morgan fingerprint density at radius 1 is 1.45 bits per heavy atom. The summed E-state index contributed by atoms with van der Waals surface area (Å²) in [7, 11) is 2.08. The van der Waals surface area contributed by atoms with Crippen LogP contribution in [0.5, 0.6) is 0 Å². The predicted octanol–water partition coefficient (Wildman–Crippen LogP) is 2.46. The van der Waals surface area contributed by atoms with Crippen molar-refractivity contribution in [3.05, 3.63) is 40.5 Å². The predicted molar refractivity (Wildman–Crippen MR) is 76.2 cm³/mol. The number of halogens is 1. The molecule has 5 nitrogen and oxygen atoms in total. The number of rotatable bonds is 3. The van der Waals surface area contributed by atoms with E-state index in [9.17, 15) is 4.79 Å². The Bertz CT molecular complexity index is 662. The number of likely N-dealkylation sites (N-methyl/N-ethyl adjacent to an activating group) is 1. The van der Waals surface area contributed by atoms with Crippen molar-refractivity contribution in [1.29, 1.82) is 0 Å². The molecule has 0 radical (unpaired) electrons. The Morgan fingerprint density at radius 3 is 2.75 bits per heavy atom. The van der Waals surface area contributed by atoms with Gasteiger partial charge in [0.15, 0.2) is 0 Å². The number of carboxylic acid groups (broad SMARTS) is 1. The molecular weight excluding hydrogens is 278 g/mol. The second-order valence-corrected chi connectivity index (χ2v) is 5.53. The van der Waals surface area contributed by atoms with Crippen LogP contribution in [0.2, 0.25) is 5.02 Å². The number of hydrogen-bond acceptors (Lipinski definition) is 3. The quantitative estimate of drug-likeness (QED) is 0.911. The SMILES string of the molecule is CN1CC(c2ccc(-c3cc(C(=O)O)[nH]n3)cc2Cl)C1. The van der Waals surface area contributed by atoms with Gasteiger partial charge in [0.25, 0.3) is 0 Å². The summed E-state index contributed by atoms with van der Waals surface area (Å²) in [6.45, 7) is 2.04. The van der Waals surface area contributed by atoms with E-state index in [1.165, 1.54) is 6.07 Å². The van der Waals surface area contributed by atoms with Crippen LogP contribution in [-0.2, 0) is 0 Å². The van der Waals surface area contributed by atoms with Crippen molar-refractivity contribution in [2.24, 2.45) is 0 Å². The fraction of sp³-hybridized carbons (Fsp3) is 0.286. The molecule has 6 heteroatoms. The number of H-pyrrole nitrogens is 1. The van der Waals surface area contributed by atoms with Crippen LogP contribution >= 0.6 is 11.6 Å². The second kappa shape index (κ2) is 4.92. The van der Waals surface area contributed by atoms with Crippen LogP contribution in [0, 0.1) is 0 Å². The minimum Gasteiger partial charge on any atom is -0.477 e. The topological polar surface area (TPSA) is 69.2 Å². The van der Waals surface area contributed by atoms with Gasteiger partial charge in [-0.25, -0.2) is 4.79 Å². The van der Waals surface area contributed by atoms with E-state index in [2.05, 4.69) is 22.1 Å². The summed E-state index contributed by atoms with van der Waals surface area (Å²) in [5.41, 5.74) is 2.61. The lowest BCUT2D eigenvalue weighted by atomic mass is 9.91. The van der Waals surface area contributed by atoms with Crippen LogP contribution < -0.4 is 0 Å². The van der Waals surface area contributed by atoms with Crippen LogP contribution in [-0.4, -0.2) is 46.3 Å². The maximum Gasteiger partial charge on any atom is 0.353 e. The minimum absolute atomic E-state index is 0.0702. The second-order valence-electron chi connectivity index (χ2n) is 5.13. The first kappa shape index (κ1) is 13.1. The molecule has 104 valence electrons. The molecule has 0 unspecified atom stereocenters. The summed E-state index contributed by atoms with van der Waals surface area (Å²) in [6.07, 6.45) is 0. The van der Waals surface area contributed by atoms with Crippen molar-refractivity contribution in [2.75, 3.05) is 20.1 Å². The smallest absolute Gasteiger partial charge is 0.353 e. The summed E-state index contributed by atoms with van der Waals surface area (Å²) < 4.78 is 0. The highest BCUT2D eigenvalue weighted by Crippen LogP contribution is 2.33. The third kappa shape index (κ3) is 2.30. The standard InChI is InChI=1S/C14H14ClN3O2/c1-18-6-9(7-18)10-3-2-8(4-11(10)15)12-5-13(14(19)20)17-16-12/h2-5,9H,6-7H2,1H3,(H,16,17)(H,19,20). The molecule has 0 bridgehead atoms. The molecular formula is C14H14ClN3O2. The average molecular weight is 292 g/mol. The minimum atomic E-state index is -1.02. The lowest BCUT2D eigenvalue weighted by Crippen LogP contribution is -2.41. The molecule has 1 aliphatic heterocycles. The summed E-state index contributed by atoms with van der Waals surface area (Å²) in [4.78, 5) is 13.1. The van der Waals surface area contributed by atoms with E-state index in [1.807, 2.05) is 18.2 Å². The van der Waals surface area contributed by atoms with E-state index >= 15 is 0 Å². The number of benzene rings is 1. The van der Waals surface area contributed by atoms with E-state index in [-0.39, 0.29) is 5.69 Å². The number of hydrogen-bond donors (Lipinski definition) is 2. The van der Waals surface area contributed by atoms with Crippen LogP contribution in [0.1, 0.15) is 22.0 Å². The fourth-order valence-corrected chi connectivity index (χ4v) is 2.83. The normalized spacial score (nSPS) is 16.1. The molecule has 2 heterocycles. The maximum absolute atomic E-state index is 10.8. The molecule has 1 saturated heterocycles. The van der Waals surface area contributed by atoms with Gasteiger partial charge in [-0.2, -0.15) is 5.10 Å². The van der Waals surface area contributed by atoms with Gasteiger partial charge in [-0.3, -0.25) is 5.10 Å². The number of carboxylic acids is 1. The Balaban J connectivity index is 1.87. The van der Waals surface area contributed by atoms with Gasteiger partial charge in [-0.05, 0) is 24.7 Å². The van der Waals surface area contributed by atoms with Crippen LogP contribution in [0.25, 0.3) is 11.3 Å². The fourth-order valence-electron chi connectivity index (χ4n) is 2.49. The molecule has 0 aliphatic carbocycles. The first-order chi connectivity index (χ1) is 9.54. The first-order valence-electron chi connectivity index (χ1n) is 6.31. The number of nitrogens with one attached hydrogen (secondary N) is 1. The zero-order chi connectivity index (χ0) is 14.3. The van der Waals surface area contributed by atoms with Crippen molar-refractivity contribution in [1.82, 2.24) is 15.1 Å². The Kier molecular flexibility index (Phi) is 3.23. The van der Waals surface area contributed by atoms with Gasteiger partial charge in [0.2, 0.25) is 0 Å². The lowest BCUT2D eigenvalue weighted by molar-refractivity contribution is 0.0690. The van der Waals surface area contributed by atoms with Crippen molar-refractivity contribution >= 4 is 17.6 Å². The molecule has 1 fully saturated rings. The first-order valence-corrected chi connectivity index (χ1v) is 6.69. The Morgan fingerprint density at radius 2 is 2.20 bits per heavy atom. The van der Waals surface area contributed by atoms with Crippen molar-refractivity contribution < 1.29 is 9.90 Å². The van der Waals surface area contributed by atoms with E-state index in [4.69, 9.17) is 16.7 Å². The van der Waals surface area contributed by atoms with Gasteiger partial charge in [0.1, 0.15) is 5.69 Å². The third-order valence-corrected chi connectivity index (χ3v) is 3.94. The molecule has 1 aliphatic rings. The zero-order valence-corrected chi connectivity index (χ0v) is 11.7. The molecule has 0 atom stereocenters. The van der Waals surface area contributed by atoms with Crippen LogP contribution in [0.4, 0.5) is 0 Å². The maximum atomic E-state index is 10.8. The van der Waals surface area contributed by atoms with Gasteiger partial charge in [0.05, 0.1) is 5.69 Å². The van der Waals surface area contributed by atoms with Gasteiger partial charge in [-0.15, -0.1) is 0 Å². The monoisotopic (exact) mass is 291 g/mol. The highest BCUT2D eigenvalue weighted by atomic mass is 35.5. The molecule has 3 rings (SSSR count). The van der Waals surface area contributed by atoms with Crippen LogP contribution in [0.15, 0.2) is 24.3 Å². The molecule has 1 aromatic carbocycles. The number of carbonyl (C=O) groups is 1. The number of aromatic carboxylic acids is 1. The summed E-state index contributed by atoms with van der Waals surface area (Å²) in [5, 5.41) is 16.1. The molecule has 0 amide bonds. The summed E-state index contributed by atoms with van der Waals surface area (Å²) in [6, 6.07) is 7.29. The van der Waals surface area contributed by atoms with E-state index in [1.54, 1.807) is 0 Å². The average Bonchev–Trinajstić information content (AvgIpc) is 2.85. The van der Waals surface area contributed by atoms with Crippen LogP contribution in [0.3, 0.4) is 0 Å². The van der Waals surface area contributed by atoms with Crippen molar-refractivity contribution in [3.63, 3.8) is 0 Å². The van der Waals surface area contributed by atoms with Gasteiger partial charge >= 0.3 is 5.97 Å². The summed E-state index contributed by atoms with van der Waals surface area (Å²) >= 11 is 6.33. The highest BCUT2D eigenvalue weighted by molar-refractivity contribution is 6.31. The van der Waals surface area contributed by atoms with Gasteiger partial charge in [0, 0.05) is 29.6 Å². The summed E-state index contributed by atoms with van der Waals surface area (Å²) in [5.74, 6) is -0.542. The molecule has 20 heavy (non-hydrogen) atoms. The third-order valence-electron chi connectivity index (χ3n) is 3.61. The number of aromatic amines is 1. The van der Waals surface area contributed by atoms with E-state index < -0.39 is 5.97 Å². The van der Waals surface area contributed by atoms with Crippen molar-refractivity contribution in [2.45, 2.75) is 5.92 Å². The molecule has 0 spiro atoms. The number of aromatic nitrogens is 2. The van der Waals surface area contributed by atoms with E-state index in [0.717, 1.165) is 24.2 Å². The van der Waals surface area contributed by atoms with Gasteiger partial charge < -0.3 is 10.0 Å². The van der Waals surface area contributed by atoms with Crippen molar-refractivity contribution in [3.8, 4) is 11.3 Å². The number of nitrogens with zero attached hydrogens (tertiary/aromatic N) is 2. The van der Waals surface area contributed by atoms with E-state index in [0.29, 0.717) is 16.6 Å². The Hall–Kier alpha value is -1.85. The highest BCUT2D eigenvalue weighted by Gasteiger charge is 2.26. The molecule has 2 aromatic rings. The zero-order valence-electron chi connectivity index (χ0n) is 10.9. The molecule has 2 N–H and O–H groups in total. The molecule has 1 aromatic heterocycles. The Labute approximate surface area is 121 Å². The number of likely N-dealkylation sites (tertiary alicyclic amines) is 1. The largest absolute Gasteiger partial charge is 0.477 e. The van der Waals surface area contributed by atoms with Gasteiger partial charge in [-0.1, -0.05) is 23.7 Å². The lowest BCUT2D eigenvalue weighted by Gasteiger charge is -2.37. The molecule has 0 saturated carbocycles.